The van der Waals surface area contributed by atoms with Crippen LogP contribution in [0.4, 0.5) is 8.78 Å². The highest BCUT2D eigenvalue weighted by atomic mass is 19.3. The summed E-state index contributed by atoms with van der Waals surface area (Å²) < 4.78 is 25.5. The number of halogens is 2. The minimum Gasteiger partial charge on any atom is -0.481 e. The molecule has 5 heteroatoms. The van der Waals surface area contributed by atoms with Crippen molar-refractivity contribution in [3.05, 3.63) is 34.9 Å². The molecule has 1 N–H and O–H groups in total. The molecule has 0 amide bonds. The normalized spacial score (nSPS) is 10.2. The van der Waals surface area contributed by atoms with Crippen LogP contribution in [0.3, 0.4) is 0 Å². The first-order valence-electron chi connectivity index (χ1n) is 5.03. The van der Waals surface area contributed by atoms with Crippen molar-refractivity contribution in [3.8, 4) is 6.07 Å². The zero-order chi connectivity index (χ0) is 12.8. The van der Waals surface area contributed by atoms with E-state index in [1.807, 2.05) is 6.07 Å². The summed E-state index contributed by atoms with van der Waals surface area (Å²) in [6, 6.07) is 6.18. The summed E-state index contributed by atoms with van der Waals surface area (Å²) in [6.45, 7) is 0. The standard InChI is InChI=1S/C12H11F2NO2/c13-12(14)10-3-1-2-8(6-7-15)9(10)4-5-11(16)17/h1-3,12H,4-6H2,(H,16,17). The van der Waals surface area contributed by atoms with Crippen LogP contribution in [-0.2, 0) is 17.6 Å². The average molecular weight is 239 g/mol. The zero-order valence-electron chi connectivity index (χ0n) is 8.99. The molecule has 0 aromatic heterocycles. The lowest BCUT2D eigenvalue weighted by molar-refractivity contribution is -0.136. The summed E-state index contributed by atoms with van der Waals surface area (Å²) in [5.41, 5.74) is 0.581. The molecule has 0 saturated carbocycles. The number of alkyl halides is 2. The molecule has 0 aliphatic heterocycles. The Balaban J connectivity index is 3.09. The van der Waals surface area contributed by atoms with Crippen LogP contribution in [-0.4, -0.2) is 11.1 Å². The van der Waals surface area contributed by atoms with Gasteiger partial charge in [-0.25, -0.2) is 8.78 Å². The number of hydrogen-bond donors (Lipinski definition) is 1. The number of nitriles is 1. The molecule has 0 spiro atoms. The number of nitrogens with zero attached hydrogens (tertiary/aromatic N) is 1. The van der Waals surface area contributed by atoms with Gasteiger partial charge in [-0.15, -0.1) is 0 Å². The zero-order valence-corrected chi connectivity index (χ0v) is 8.99. The first kappa shape index (κ1) is 13.1. The van der Waals surface area contributed by atoms with Crippen molar-refractivity contribution in [2.75, 3.05) is 0 Å². The van der Waals surface area contributed by atoms with Crippen LogP contribution in [0, 0.1) is 11.3 Å². The van der Waals surface area contributed by atoms with E-state index in [1.54, 1.807) is 6.07 Å². The van der Waals surface area contributed by atoms with Gasteiger partial charge in [-0.3, -0.25) is 4.79 Å². The van der Waals surface area contributed by atoms with Gasteiger partial charge in [0.15, 0.2) is 0 Å². The van der Waals surface area contributed by atoms with Crippen molar-refractivity contribution in [1.82, 2.24) is 0 Å². The Labute approximate surface area is 97.3 Å². The molecular formula is C12H11F2NO2. The van der Waals surface area contributed by atoms with Crippen LogP contribution in [0.15, 0.2) is 18.2 Å². The lowest BCUT2D eigenvalue weighted by atomic mass is 9.95. The predicted octanol–water partition coefficient (Wildman–Crippen LogP) is 2.71. The van der Waals surface area contributed by atoms with E-state index in [4.69, 9.17) is 10.4 Å². The van der Waals surface area contributed by atoms with Crippen LogP contribution in [0.2, 0.25) is 0 Å². The van der Waals surface area contributed by atoms with Gasteiger partial charge in [0.25, 0.3) is 6.43 Å². The Kier molecular flexibility index (Phi) is 4.58. The fraction of sp³-hybridized carbons (Fsp3) is 0.333. The molecule has 0 atom stereocenters. The van der Waals surface area contributed by atoms with Gasteiger partial charge in [0.05, 0.1) is 12.5 Å². The van der Waals surface area contributed by atoms with Gasteiger partial charge >= 0.3 is 5.97 Å². The van der Waals surface area contributed by atoms with Gasteiger partial charge in [0, 0.05) is 12.0 Å². The van der Waals surface area contributed by atoms with Crippen molar-refractivity contribution >= 4 is 5.97 Å². The number of aliphatic carboxylic acids is 1. The first-order valence-corrected chi connectivity index (χ1v) is 5.03. The van der Waals surface area contributed by atoms with Gasteiger partial charge in [-0.2, -0.15) is 5.26 Å². The maximum Gasteiger partial charge on any atom is 0.303 e. The number of benzene rings is 1. The fourth-order valence-corrected chi connectivity index (χ4v) is 1.65. The third kappa shape index (κ3) is 3.52. The fourth-order valence-electron chi connectivity index (χ4n) is 1.65. The molecule has 0 saturated heterocycles. The Bertz CT molecular complexity index is 452. The topological polar surface area (TPSA) is 61.1 Å². The SMILES string of the molecule is N#CCc1cccc(C(F)F)c1CCC(=O)O. The molecule has 0 radical (unpaired) electrons. The average Bonchev–Trinajstić information content (AvgIpc) is 2.27. The molecule has 0 heterocycles. The largest absolute Gasteiger partial charge is 0.481 e. The van der Waals surface area contributed by atoms with E-state index < -0.39 is 12.4 Å². The second kappa shape index (κ2) is 5.94. The van der Waals surface area contributed by atoms with Gasteiger partial charge in [0.2, 0.25) is 0 Å². The number of hydrogen-bond acceptors (Lipinski definition) is 2. The van der Waals surface area contributed by atoms with E-state index in [0.717, 1.165) is 0 Å². The van der Waals surface area contributed by atoms with Crippen molar-refractivity contribution in [3.63, 3.8) is 0 Å². The lowest BCUT2D eigenvalue weighted by Gasteiger charge is -2.11. The van der Waals surface area contributed by atoms with Crippen molar-refractivity contribution in [1.29, 1.82) is 5.26 Å². The molecule has 17 heavy (non-hydrogen) atoms. The summed E-state index contributed by atoms with van der Waals surface area (Å²) >= 11 is 0. The summed E-state index contributed by atoms with van der Waals surface area (Å²) in [4.78, 5) is 10.5. The van der Waals surface area contributed by atoms with Crippen LogP contribution < -0.4 is 0 Å². The monoisotopic (exact) mass is 239 g/mol. The minimum absolute atomic E-state index is 0.00944. The van der Waals surface area contributed by atoms with E-state index in [1.165, 1.54) is 12.1 Å². The van der Waals surface area contributed by atoms with Crippen molar-refractivity contribution in [2.24, 2.45) is 0 Å². The second-order valence-electron chi connectivity index (χ2n) is 3.51. The van der Waals surface area contributed by atoms with Crippen molar-refractivity contribution in [2.45, 2.75) is 25.7 Å². The van der Waals surface area contributed by atoms with Crippen LogP contribution in [0.5, 0.6) is 0 Å². The maximum atomic E-state index is 12.7. The summed E-state index contributed by atoms with van der Waals surface area (Å²) in [7, 11) is 0. The predicted molar refractivity (Wildman–Crippen MR) is 56.7 cm³/mol. The molecule has 3 nitrogen and oxygen atoms in total. The minimum atomic E-state index is -2.66. The van der Waals surface area contributed by atoms with Gasteiger partial charge in [-0.05, 0) is 17.5 Å². The maximum absolute atomic E-state index is 12.7. The molecule has 0 aliphatic carbocycles. The molecule has 90 valence electrons. The molecule has 1 rings (SSSR count). The smallest absolute Gasteiger partial charge is 0.303 e. The third-order valence-corrected chi connectivity index (χ3v) is 2.40. The quantitative estimate of drug-likeness (QED) is 0.859. The third-order valence-electron chi connectivity index (χ3n) is 2.40. The first-order chi connectivity index (χ1) is 8.06. The van der Waals surface area contributed by atoms with Crippen LogP contribution in [0.1, 0.15) is 29.5 Å². The molecule has 0 fully saturated rings. The number of carboxylic acids is 1. The van der Waals surface area contributed by atoms with Gasteiger partial charge < -0.3 is 5.11 Å². The van der Waals surface area contributed by atoms with Crippen molar-refractivity contribution < 1.29 is 18.7 Å². The molecule has 0 aliphatic rings. The molecule has 1 aromatic rings. The second-order valence-corrected chi connectivity index (χ2v) is 3.51. The Morgan fingerprint density at radius 3 is 2.71 bits per heavy atom. The molecule has 0 unspecified atom stereocenters. The Morgan fingerprint density at radius 1 is 1.47 bits per heavy atom. The molecule has 1 aromatic carbocycles. The van der Waals surface area contributed by atoms with Crippen LogP contribution in [0.25, 0.3) is 0 Å². The van der Waals surface area contributed by atoms with E-state index in [0.29, 0.717) is 5.56 Å². The Hall–Kier alpha value is -1.96. The van der Waals surface area contributed by atoms with Gasteiger partial charge in [0.1, 0.15) is 0 Å². The number of carbonyl (C=O) groups is 1. The van der Waals surface area contributed by atoms with Crippen LogP contribution >= 0.6 is 0 Å². The van der Waals surface area contributed by atoms with E-state index in [2.05, 4.69) is 0 Å². The number of carboxylic acid groups (broad SMARTS) is 1. The molecule has 0 bridgehead atoms. The van der Waals surface area contributed by atoms with E-state index in [-0.39, 0.29) is 30.4 Å². The molecular weight excluding hydrogens is 228 g/mol. The van der Waals surface area contributed by atoms with Gasteiger partial charge in [-0.1, -0.05) is 18.2 Å². The number of rotatable bonds is 5. The Morgan fingerprint density at radius 2 is 2.18 bits per heavy atom. The summed E-state index contributed by atoms with van der Waals surface area (Å²) in [6.07, 6.45) is -2.85. The highest BCUT2D eigenvalue weighted by molar-refractivity contribution is 5.67. The highest BCUT2D eigenvalue weighted by Gasteiger charge is 2.16. The lowest BCUT2D eigenvalue weighted by Crippen LogP contribution is -2.04. The highest BCUT2D eigenvalue weighted by Crippen LogP contribution is 2.26. The van der Waals surface area contributed by atoms with E-state index in [9.17, 15) is 13.6 Å². The summed E-state index contributed by atoms with van der Waals surface area (Å²) in [5, 5.41) is 17.2. The van der Waals surface area contributed by atoms with E-state index >= 15 is 0 Å². The summed E-state index contributed by atoms with van der Waals surface area (Å²) in [5.74, 6) is -1.04.